The summed E-state index contributed by atoms with van der Waals surface area (Å²) in [6.45, 7) is 3.88. The Morgan fingerprint density at radius 1 is 1.50 bits per heavy atom. The first-order valence-corrected chi connectivity index (χ1v) is 3.89. The Hall–Kier alpha value is -0.370. The van der Waals surface area contributed by atoms with Crippen LogP contribution in [0.1, 0.15) is 21.2 Å². The third-order valence-electron chi connectivity index (χ3n) is 2.29. The first-order chi connectivity index (χ1) is 4.70. The van der Waals surface area contributed by atoms with Gasteiger partial charge in [0.1, 0.15) is 5.78 Å². The van der Waals surface area contributed by atoms with Crippen LogP contribution in [0.25, 0.3) is 0 Å². The van der Waals surface area contributed by atoms with E-state index in [1.165, 1.54) is 0 Å². The van der Waals surface area contributed by atoms with Gasteiger partial charge in [0, 0.05) is 7.34 Å². The van der Waals surface area contributed by atoms with Gasteiger partial charge >= 0.3 is 0 Å². The van der Waals surface area contributed by atoms with E-state index in [2.05, 4.69) is 11.9 Å². The van der Waals surface area contributed by atoms with Crippen molar-refractivity contribution in [1.29, 1.82) is 0 Å². The third kappa shape index (κ3) is 1.81. The van der Waals surface area contributed by atoms with Crippen LogP contribution in [0.5, 0.6) is 0 Å². The minimum atomic E-state index is 0. The third-order valence-corrected chi connectivity index (χ3v) is 2.29. The molecule has 0 atom stereocenters. The van der Waals surface area contributed by atoms with Crippen LogP contribution in [-0.4, -0.2) is 30.8 Å². The number of hydrogen-bond acceptors (Lipinski definition) is 2. The highest BCUT2D eigenvalue weighted by Gasteiger charge is 2.19. The first kappa shape index (κ1) is 7.73. The smallest absolute Gasteiger partial charge is 0.133 e. The van der Waals surface area contributed by atoms with E-state index in [0.29, 0.717) is 11.7 Å². The largest absolute Gasteiger partial charge is 0.306 e. The lowest BCUT2D eigenvalue weighted by Gasteiger charge is -2.26. The van der Waals surface area contributed by atoms with Crippen LogP contribution in [-0.2, 0) is 4.79 Å². The molecule has 1 fully saturated rings. The van der Waals surface area contributed by atoms with Crippen molar-refractivity contribution in [2.24, 2.45) is 5.92 Å². The summed E-state index contributed by atoms with van der Waals surface area (Å²) in [5.74, 6) is 0.726. The molecule has 0 N–H and O–H groups in total. The van der Waals surface area contributed by atoms with E-state index in [4.69, 9.17) is 0 Å². The number of nitrogens with zero attached hydrogens (tertiary/aromatic N) is 1. The number of carbonyl (C=O) groups excluding carboxylic acids is 1. The molecule has 0 aliphatic carbocycles. The van der Waals surface area contributed by atoms with Crippen molar-refractivity contribution in [3.8, 4) is 0 Å². The minimum Gasteiger partial charge on any atom is -0.306 e. The van der Waals surface area contributed by atoms with Gasteiger partial charge in [-0.1, -0.05) is 0 Å². The summed E-state index contributed by atoms with van der Waals surface area (Å²) in [6.07, 6.45) is 2.12. The molecule has 0 unspecified atom stereocenters. The van der Waals surface area contributed by atoms with Gasteiger partial charge in [-0.25, -0.2) is 0 Å². The van der Waals surface area contributed by atoms with Crippen LogP contribution >= 0.6 is 0 Å². The lowest BCUT2D eigenvalue weighted by Crippen LogP contribution is -2.32. The Bertz CT molecular complexity index is 130. The van der Waals surface area contributed by atoms with Gasteiger partial charge < -0.3 is 4.90 Å². The van der Waals surface area contributed by atoms with E-state index < -0.39 is 0 Å². The molecule has 1 aliphatic rings. The number of hydrogen-bond donors (Lipinski definition) is 0. The maximum absolute atomic E-state index is 10.9. The molecular weight excluding hydrogens is 126 g/mol. The number of likely N-dealkylation sites (tertiary alicyclic amines) is 1. The maximum atomic E-state index is 10.9. The molecule has 0 amide bonds. The quantitative estimate of drug-likeness (QED) is 0.549. The van der Waals surface area contributed by atoms with E-state index >= 15 is 0 Å². The van der Waals surface area contributed by atoms with Gasteiger partial charge in [-0.05, 0) is 39.9 Å². The van der Waals surface area contributed by atoms with Gasteiger partial charge in [0.15, 0.2) is 0 Å². The van der Waals surface area contributed by atoms with E-state index in [-0.39, 0.29) is 1.43 Å². The Morgan fingerprint density at radius 3 is 2.40 bits per heavy atom. The summed E-state index contributed by atoms with van der Waals surface area (Å²) >= 11 is 0. The molecule has 60 valence electrons. The zero-order chi connectivity index (χ0) is 7.56. The molecule has 2 nitrogen and oxygen atoms in total. The van der Waals surface area contributed by atoms with Gasteiger partial charge in [0.2, 0.25) is 0 Å². The predicted octanol–water partition coefficient (Wildman–Crippen LogP) is 1.16. The minimum absolute atomic E-state index is 0. The highest BCUT2D eigenvalue weighted by Crippen LogP contribution is 2.15. The monoisotopic (exact) mass is 143 g/mol. The van der Waals surface area contributed by atoms with E-state index in [1.807, 2.05) is 0 Å². The van der Waals surface area contributed by atoms with Crippen LogP contribution in [0.3, 0.4) is 0 Å². The molecular formula is C8H17NO. The summed E-state index contributed by atoms with van der Waals surface area (Å²) in [7, 11) is 2.11. The van der Waals surface area contributed by atoms with Crippen LogP contribution in [0.4, 0.5) is 0 Å². The second kappa shape index (κ2) is 3.15. The van der Waals surface area contributed by atoms with Crippen molar-refractivity contribution in [3.05, 3.63) is 0 Å². The van der Waals surface area contributed by atoms with E-state index in [0.717, 1.165) is 25.9 Å². The maximum Gasteiger partial charge on any atom is 0.133 e. The van der Waals surface area contributed by atoms with E-state index in [9.17, 15) is 4.79 Å². The van der Waals surface area contributed by atoms with Gasteiger partial charge in [-0.2, -0.15) is 0 Å². The molecule has 1 rings (SSSR count). The second-order valence-electron chi connectivity index (χ2n) is 3.19. The number of carbonyl (C=O) groups is 1. The van der Waals surface area contributed by atoms with Crippen LogP contribution in [0.2, 0.25) is 0 Å². The Labute approximate surface area is 63.7 Å². The highest BCUT2D eigenvalue weighted by molar-refractivity contribution is 5.78. The second-order valence-corrected chi connectivity index (χ2v) is 3.19. The highest BCUT2D eigenvalue weighted by atomic mass is 16.1. The Kier molecular flexibility index (Phi) is 2.44. The molecule has 1 aliphatic heterocycles. The summed E-state index contributed by atoms with van der Waals surface area (Å²) in [5, 5.41) is 0. The zero-order valence-electron chi connectivity index (χ0n) is 6.76. The van der Waals surface area contributed by atoms with E-state index in [1.54, 1.807) is 6.92 Å². The summed E-state index contributed by atoms with van der Waals surface area (Å²) in [6, 6.07) is 0. The fourth-order valence-electron chi connectivity index (χ4n) is 1.42. The van der Waals surface area contributed by atoms with Crippen molar-refractivity contribution < 1.29 is 6.22 Å². The summed E-state index contributed by atoms with van der Waals surface area (Å²) in [5.41, 5.74) is 0. The molecule has 1 saturated heterocycles. The first-order valence-electron chi connectivity index (χ1n) is 3.89. The Balaban J connectivity index is 0.000001000. The number of piperidine rings is 1. The standard InChI is InChI=1S/C8H15NO.H2/c1-7(10)8-3-5-9(2)6-4-8;/h8H,3-6H2,1-2H3;1H. The van der Waals surface area contributed by atoms with Crippen LogP contribution in [0.15, 0.2) is 0 Å². The molecule has 10 heavy (non-hydrogen) atoms. The van der Waals surface area contributed by atoms with Gasteiger partial charge in [-0.3, -0.25) is 4.79 Å². The molecule has 0 saturated carbocycles. The van der Waals surface area contributed by atoms with Crippen molar-refractivity contribution in [2.45, 2.75) is 19.8 Å². The molecule has 0 aromatic heterocycles. The summed E-state index contributed by atoms with van der Waals surface area (Å²) < 4.78 is 0. The normalized spacial score (nSPS) is 23.0. The topological polar surface area (TPSA) is 20.3 Å². The lowest BCUT2D eigenvalue weighted by molar-refractivity contribution is -0.121. The SMILES string of the molecule is CC(=O)C1CCN(C)CC1.[HH]. The number of ketones is 1. The van der Waals surface area contributed by atoms with Crippen molar-refractivity contribution >= 4 is 5.78 Å². The fraction of sp³-hybridized carbons (Fsp3) is 0.875. The van der Waals surface area contributed by atoms with Crippen molar-refractivity contribution in [1.82, 2.24) is 4.90 Å². The molecule has 0 aromatic rings. The molecule has 2 heteroatoms. The van der Waals surface area contributed by atoms with Gasteiger partial charge in [0.05, 0.1) is 0 Å². The van der Waals surface area contributed by atoms with Crippen molar-refractivity contribution in [2.75, 3.05) is 20.1 Å². The average molecular weight is 143 g/mol. The summed E-state index contributed by atoms with van der Waals surface area (Å²) in [4.78, 5) is 13.2. The molecule has 0 spiro atoms. The molecule has 0 bridgehead atoms. The molecule has 0 radical (unpaired) electrons. The number of Topliss-reactive ketones (excluding diaryl/α,β-unsaturated/α-hetero) is 1. The Morgan fingerprint density at radius 2 is 2.00 bits per heavy atom. The predicted molar refractivity (Wildman–Crippen MR) is 43.0 cm³/mol. The van der Waals surface area contributed by atoms with Crippen molar-refractivity contribution in [3.63, 3.8) is 0 Å². The molecule has 1 heterocycles. The zero-order valence-corrected chi connectivity index (χ0v) is 6.76. The van der Waals surface area contributed by atoms with Crippen LogP contribution in [0, 0.1) is 5.92 Å². The van der Waals surface area contributed by atoms with Gasteiger partial charge in [-0.15, -0.1) is 0 Å². The number of rotatable bonds is 1. The average Bonchev–Trinajstić information content (AvgIpc) is 1.88. The van der Waals surface area contributed by atoms with Gasteiger partial charge in [0.25, 0.3) is 0 Å². The molecule has 0 aromatic carbocycles. The lowest BCUT2D eigenvalue weighted by atomic mass is 9.94. The van der Waals surface area contributed by atoms with Crippen LogP contribution < -0.4 is 0 Å². The fourth-order valence-corrected chi connectivity index (χ4v) is 1.42.